The molecule has 1 saturated heterocycles. The van der Waals surface area contributed by atoms with E-state index in [1.807, 2.05) is 30.3 Å². The van der Waals surface area contributed by atoms with E-state index in [0.717, 1.165) is 17.3 Å². The smallest absolute Gasteiger partial charge is 0.305 e. The number of hydrogen-bond acceptors (Lipinski definition) is 5. The number of aliphatic carboxylic acids is 1. The molecule has 0 saturated carbocycles. The van der Waals surface area contributed by atoms with Crippen LogP contribution in [0.1, 0.15) is 12.0 Å². The molecule has 6 nitrogen and oxygen atoms in total. The van der Waals surface area contributed by atoms with Crippen LogP contribution in [0.2, 0.25) is 0 Å². The lowest BCUT2D eigenvalue weighted by Crippen LogP contribution is -2.26. The highest BCUT2D eigenvalue weighted by molar-refractivity contribution is 8.15. The Balaban J connectivity index is 1.96. The van der Waals surface area contributed by atoms with Crippen molar-refractivity contribution in [3.63, 3.8) is 0 Å². The van der Waals surface area contributed by atoms with Gasteiger partial charge in [-0.25, -0.2) is 0 Å². The van der Waals surface area contributed by atoms with Gasteiger partial charge in [-0.15, -0.1) is 5.10 Å². The second-order valence-electron chi connectivity index (χ2n) is 3.75. The van der Waals surface area contributed by atoms with Crippen molar-refractivity contribution in [2.45, 2.75) is 11.7 Å². The molecular formula is C12H11N3O3S. The Bertz CT molecular complexity index is 542. The fourth-order valence-corrected chi connectivity index (χ4v) is 2.35. The van der Waals surface area contributed by atoms with Crippen molar-refractivity contribution in [3.05, 3.63) is 35.9 Å². The van der Waals surface area contributed by atoms with Crippen LogP contribution in [0.3, 0.4) is 0 Å². The zero-order valence-electron chi connectivity index (χ0n) is 9.81. The third kappa shape index (κ3) is 3.92. The van der Waals surface area contributed by atoms with Crippen LogP contribution in [0, 0.1) is 0 Å². The molecular weight excluding hydrogens is 266 g/mol. The molecule has 0 unspecified atom stereocenters. The van der Waals surface area contributed by atoms with Gasteiger partial charge in [0.15, 0.2) is 5.17 Å². The van der Waals surface area contributed by atoms with Crippen LogP contribution in [0.4, 0.5) is 0 Å². The largest absolute Gasteiger partial charge is 0.481 e. The van der Waals surface area contributed by atoms with E-state index >= 15 is 0 Å². The highest BCUT2D eigenvalue weighted by atomic mass is 32.2. The lowest BCUT2D eigenvalue weighted by molar-refractivity contribution is -0.138. The number of thioether (sulfide) groups is 1. The normalized spacial score (nSPS) is 20.9. The van der Waals surface area contributed by atoms with E-state index in [-0.39, 0.29) is 12.3 Å². The Labute approximate surface area is 113 Å². The fourth-order valence-electron chi connectivity index (χ4n) is 1.43. The standard InChI is InChI=1S/C12H11N3O3S/c16-10(17)6-9-11(18)14-12(19-9)15-13-7-8-4-2-1-3-5-8/h1-5,7,9H,6H2,(H,16,17)(H,14,15,18)/b13-7-/t9-/m1/s1. The van der Waals surface area contributed by atoms with Gasteiger partial charge in [0, 0.05) is 0 Å². The van der Waals surface area contributed by atoms with Crippen molar-refractivity contribution in [3.8, 4) is 0 Å². The van der Waals surface area contributed by atoms with E-state index in [1.54, 1.807) is 6.21 Å². The Morgan fingerprint density at radius 3 is 2.84 bits per heavy atom. The van der Waals surface area contributed by atoms with E-state index in [9.17, 15) is 9.59 Å². The Morgan fingerprint density at radius 2 is 2.16 bits per heavy atom. The molecule has 2 N–H and O–H groups in total. The van der Waals surface area contributed by atoms with Gasteiger partial charge in [-0.2, -0.15) is 5.10 Å². The summed E-state index contributed by atoms with van der Waals surface area (Å²) in [4.78, 5) is 22.0. The number of amides is 1. The number of carbonyl (C=O) groups is 2. The summed E-state index contributed by atoms with van der Waals surface area (Å²) >= 11 is 1.08. The van der Waals surface area contributed by atoms with E-state index in [2.05, 4.69) is 15.5 Å². The molecule has 1 aliphatic heterocycles. The van der Waals surface area contributed by atoms with Crippen LogP contribution in [-0.4, -0.2) is 33.6 Å². The number of nitrogens with one attached hydrogen (secondary N) is 1. The minimum atomic E-state index is -1.01. The number of amidine groups is 1. The molecule has 1 fully saturated rings. The maximum absolute atomic E-state index is 11.4. The zero-order valence-corrected chi connectivity index (χ0v) is 10.6. The molecule has 1 amide bonds. The summed E-state index contributed by atoms with van der Waals surface area (Å²) in [5, 5.41) is 18.5. The van der Waals surface area contributed by atoms with Crippen molar-refractivity contribution in [2.24, 2.45) is 10.2 Å². The lowest BCUT2D eigenvalue weighted by atomic mass is 10.2. The van der Waals surface area contributed by atoms with Gasteiger partial charge in [0.25, 0.3) is 0 Å². The number of carbonyl (C=O) groups excluding carboxylic acids is 1. The number of benzene rings is 1. The molecule has 0 aliphatic carbocycles. The van der Waals surface area contributed by atoms with Gasteiger partial charge in [0.2, 0.25) is 5.91 Å². The van der Waals surface area contributed by atoms with Crippen molar-refractivity contribution in [1.29, 1.82) is 0 Å². The average molecular weight is 277 g/mol. The van der Waals surface area contributed by atoms with Gasteiger partial charge < -0.3 is 10.4 Å². The first-order valence-electron chi connectivity index (χ1n) is 5.50. The quantitative estimate of drug-likeness (QED) is 0.636. The second kappa shape index (κ2) is 6.14. The number of hydrogen-bond donors (Lipinski definition) is 2. The van der Waals surface area contributed by atoms with Crippen molar-refractivity contribution in [2.75, 3.05) is 0 Å². The molecule has 0 aromatic heterocycles. The van der Waals surface area contributed by atoms with E-state index in [1.165, 1.54) is 0 Å². The molecule has 19 heavy (non-hydrogen) atoms. The number of nitrogens with zero attached hydrogens (tertiary/aromatic N) is 2. The molecule has 0 bridgehead atoms. The van der Waals surface area contributed by atoms with Crippen LogP contribution in [0.15, 0.2) is 40.5 Å². The second-order valence-corrected chi connectivity index (χ2v) is 4.95. The van der Waals surface area contributed by atoms with Crippen LogP contribution in [0.5, 0.6) is 0 Å². The first-order valence-corrected chi connectivity index (χ1v) is 6.38. The molecule has 1 aromatic carbocycles. The van der Waals surface area contributed by atoms with Crippen LogP contribution >= 0.6 is 11.8 Å². The van der Waals surface area contributed by atoms with Crippen LogP contribution < -0.4 is 5.32 Å². The number of carboxylic acids is 1. The molecule has 1 aliphatic rings. The van der Waals surface area contributed by atoms with E-state index < -0.39 is 11.2 Å². The third-order valence-electron chi connectivity index (χ3n) is 2.29. The maximum Gasteiger partial charge on any atom is 0.305 e. The van der Waals surface area contributed by atoms with Crippen LogP contribution in [0.25, 0.3) is 0 Å². The van der Waals surface area contributed by atoms with Crippen molar-refractivity contribution >= 4 is 35.0 Å². The van der Waals surface area contributed by atoms with Crippen molar-refractivity contribution in [1.82, 2.24) is 5.32 Å². The van der Waals surface area contributed by atoms with Gasteiger partial charge in [-0.05, 0) is 5.56 Å². The summed E-state index contributed by atoms with van der Waals surface area (Å²) in [6.07, 6.45) is 1.34. The zero-order chi connectivity index (χ0) is 13.7. The Hall–Kier alpha value is -2.15. The first kappa shape index (κ1) is 13.3. The minimum absolute atomic E-state index is 0.224. The molecule has 0 spiro atoms. The summed E-state index contributed by atoms with van der Waals surface area (Å²) in [6.45, 7) is 0. The Morgan fingerprint density at radius 1 is 1.42 bits per heavy atom. The van der Waals surface area contributed by atoms with Gasteiger partial charge in [0.1, 0.15) is 5.25 Å². The molecule has 1 aromatic rings. The highest BCUT2D eigenvalue weighted by Crippen LogP contribution is 2.22. The molecule has 98 valence electrons. The molecule has 7 heteroatoms. The average Bonchev–Trinajstić information content (AvgIpc) is 2.70. The topological polar surface area (TPSA) is 91.1 Å². The van der Waals surface area contributed by atoms with Gasteiger partial charge in [0.05, 0.1) is 12.6 Å². The molecule has 1 heterocycles. The first-order chi connectivity index (χ1) is 9.15. The van der Waals surface area contributed by atoms with Crippen molar-refractivity contribution < 1.29 is 14.7 Å². The molecule has 2 rings (SSSR count). The van der Waals surface area contributed by atoms with E-state index in [0.29, 0.717) is 5.17 Å². The van der Waals surface area contributed by atoms with Gasteiger partial charge >= 0.3 is 5.97 Å². The predicted octanol–water partition coefficient (Wildman–Crippen LogP) is 1.08. The minimum Gasteiger partial charge on any atom is -0.481 e. The summed E-state index contributed by atoms with van der Waals surface area (Å²) < 4.78 is 0. The van der Waals surface area contributed by atoms with Gasteiger partial charge in [-0.3, -0.25) is 9.59 Å². The highest BCUT2D eigenvalue weighted by Gasteiger charge is 2.32. The van der Waals surface area contributed by atoms with Crippen LogP contribution in [-0.2, 0) is 9.59 Å². The fraction of sp³-hybridized carbons (Fsp3) is 0.167. The third-order valence-corrected chi connectivity index (χ3v) is 3.36. The lowest BCUT2D eigenvalue weighted by Gasteiger charge is -1.97. The SMILES string of the molecule is O=C(O)C[C@H]1S/C(=N\N=C/c2ccccc2)NC1=O. The van der Waals surface area contributed by atoms with E-state index in [4.69, 9.17) is 5.11 Å². The summed E-state index contributed by atoms with van der Waals surface area (Å²) in [5.41, 5.74) is 0.892. The summed E-state index contributed by atoms with van der Waals surface area (Å²) in [6, 6.07) is 9.40. The number of rotatable bonds is 4. The predicted molar refractivity (Wildman–Crippen MR) is 73.2 cm³/mol. The summed E-state index contributed by atoms with van der Waals surface area (Å²) in [5.74, 6) is -1.36. The monoisotopic (exact) mass is 277 g/mol. The Kier molecular flexibility index (Phi) is 4.30. The summed E-state index contributed by atoms with van der Waals surface area (Å²) in [7, 11) is 0. The van der Waals surface area contributed by atoms with Gasteiger partial charge in [-0.1, -0.05) is 42.1 Å². The number of carboxylic acid groups (broad SMARTS) is 1. The molecule has 1 atom stereocenters. The maximum atomic E-state index is 11.4. The molecule has 0 radical (unpaired) electrons.